The van der Waals surface area contributed by atoms with E-state index < -0.39 is 16.1 Å². The molecule has 1 aliphatic heterocycles. The predicted octanol–water partition coefficient (Wildman–Crippen LogP) is 4.33. The monoisotopic (exact) mass is 495 g/mol. The molecule has 2 amide bonds. The van der Waals surface area contributed by atoms with E-state index in [0.29, 0.717) is 25.2 Å². The van der Waals surface area contributed by atoms with Gasteiger partial charge in [-0.1, -0.05) is 35.9 Å². The molecular weight excluding hydrogens is 462 g/mol. The molecule has 1 atom stereocenters. The number of anilines is 1. The minimum Gasteiger partial charge on any atom is -0.356 e. The van der Waals surface area contributed by atoms with Crippen molar-refractivity contribution in [1.29, 1.82) is 0 Å². The molecule has 8 heteroatoms. The van der Waals surface area contributed by atoms with Gasteiger partial charge in [-0.2, -0.15) is 4.31 Å². The van der Waals surface area contributed by atoms with E-state index in [-0.39, 0.29) is 23.1 Å². The van der Waals surface area contributed by atoms with Crippen molar-refractivity contribution in [3.8, 4) is 0 Å². The predicted molar refractivity (Wildman–Crippen MR) is 136 cm³/mol. The van der Waals surface area contributed by atoms with Crippen LogP contribution in [0.5, 0.6) is 0 Å². The fourth-order valence-corrected chi connectivity index (χ4v) is 6.52. The highest BCUT2D eigenvalue weighted by Gasteiger charge is 2.37. The Morgan fingerprint density at radius 2 is 1.80 bits per heavy atom. The van der Waals surface area contributed by atoms with Gasteiger partial charge in [-0.05, 0) is 73.9 Å². The Morgan fingerprint density at radius 3 is 2.51 bits per heavy atom. The van der Waals surface area contributed by atoms with Gasteiger partial charge in [0.05, 0.1) is 10.9 Å². The highest BCUT2D eigenvalue weighted by Crippen LogP contribution is 2.36. The van der Waals surface area contributed by atoms with Gasteiger partial charge in [0.2, 0.25) is 21.8 Å². The molecule has 2 aromatic carbocycles. The molecule has 1 aliphatic carbocycles. The second-order valence-electron chi connectivity index (χ2n) is 9.20. The van der Waals surface area contributed by atoms with E-state index in [0.717, 1.165) is 30.4 Å². The van der Waals surface area contributed by atoms with Crippen LogP contribution >= 0.6 is 0 Å². The largest absolute Gasteiger partial charge is 0.356 e. The molecule has 7 nitrogen and oxygen atoms in total. The van der Waals surface area contributed by atoms with Crippen LogP contribution in [-0.2, 0) is 26.0 Å². The summed E-state index contributed by atoms with van der Waals surface area (Å²) >= 11 is 0. The van der Waals surface area contributed by atoms with Crippen molar-refractivity contribution in [3.63, 3.8) is 0 Å². The summed E-state index contributed by atoms with van der Waals surface area (Å²) < 4.78 is 28.7. The van der Waals surface area contributed by atoms with Crippen LogP contribution in [0.15, 0.2) is 65.1 Å². The van der Waals surface area contributed by atoms with E-state index in [1.54, 1.807) is 12.1 Å². The lowest BCUT2D eigenvalue weighted by molar-refractivity contribution is -0.122. The number of carbonyl (C=O) groups is 2. The smallest absolute Gasteiger partial charge is 0.243 e. The van der Waals surface area contributed by atoms with Gasteiger partial charge in [0.1, 0.15) is 0 Å². The fraction of sp³-hybridized carbons (Fsp3) is 0.407. The van der Waals surface area contributed by atoms with Crippen LogP contribution in [0.4, 0.5) is 5.69 Å². The third kappa shape index (κ3) is 6.18. The quantitative estimate of drug-likeness (QED) is 0.533. The van der Waals surface area contributed by atoms with Gasteiger partial charge in [0.25, 0.3) is 0 Å². The first-order chi connectivity index (χ1) is 16.8. The van der Waals surface area contributed by atoms with Gasteiger partial charge in [-0.15, -0.1) is 0 Å². The maximum absolute atomic E-state index is 13.6. The molecule has 0 radical (unpaired) electrons. The highest BCUT2D eigenvalue weighted by atomic mass is 32.2. The summed E-state index contributed by atoms with van der Waals surface area (Å²) in [6.45, 7) is 2.27. The van der Waals surface area contributed by atoms with Crippen molar-refractivity contribution in [3.05, 3.63) is 71.3 Å². The number of benzene rings is 2. The Hall–Kier alpha value is -2.97. The number of hydrogen-bond acceptors (Lipinski definition) is 4. The molecule has 2 N–H and O–H groups in total. The number of amides is 2. The maximum atomic E-state index is 13.6. The molecule has 0 spiro atoms. The first kappa shape index (κ1) is 25.1. The zero-order valence-corrected chi connectivity index (χ0v) is 20.9. The molecule has 0 saturated carbocycles. The van der Waals surface area contributed by atoms with Crippen LogP contribution in [0.1, 0.15) is 62.6 Å². The van der Waals surface area contributed by atoms with Crippen LogP contribution in [0.25, 0.3) is 0 Å². The first-order valence-electron chi connectivity index (χ1n) is 12.3. The second-order valence-corrected chi connectivity index (χ2v) is 11.1. The lowest BCUT2D eigenvalue weighted by atomic mass is 9.92. The number of nitrogens with one attached hydrogen (secondary N) is 2. The summed E-state index contributed by atoms with van der Waals surface area (Å²) in [5, 5.41) is 5.65. The van der Waals surface area contributed by atoms with Gasteiger partial charge < -0.3 is 10.6 Å². The summed E-state index contributed by atoms with van der Waals surface area (Å²) in [5.41, 5.74) is 3.88. The Balaban J connectivity index is 1.51. The average molecular weight is 496 g/mol. The van der Waals surface area contributed by atoms with Crippen LogP contribution in [0.2, 0.25) is 0 Å². The minimum atomic E-state index is -3.85. The first-order valence-corrected chi connectivity index (χ1v) is 13.7. The van der Waals surface area contributed by atoms with Crippen LogP contribution in [-0.4, -0.2) is 37.6 Å². The Bertz CT molecular complexity index is 1210. The lowest BCUT2D eigenvalue weighted by Gasteiger charge is -2.36. The molecule has 0 saturated heterocycles. The zero-order chi connectivity index (χ0) is 24.8. The Kier molecular flexibility index (Phi) is 8.03. The van der Waals surface area contributed by atoms with Crippen LogP contribution in [0, 0.1) is 0 Å². The van der Waals surface area contributed by atoms with Crippen molar-refractivity contribution in [2.75, 3.05) is 18.4 Å². The minimum absolute atomic E-state index is 0.0687. The molecule has 1 heterocycles. The third-order valence-electron chi connectivity index (χ3n) is 6.68. The number of carbonyl (C=O) groups excluding carboxylic acids is 2. The molecule has 4 rings (SSSR count). The molecule has 0 aromatic heterocycles. The van der Waals surface area contributed by atoms with E-state index in [9.17, 15) is 18.0 Å². The van der Waals surface area contributed by atoms with Gasteiger partial charge in [0, 0.05) is 32.1 Å². The van der Waals surface area contributed by atoms with Gasteiger partial charge >= 0.3 is 0 Å². The summed E-state index contributed by atoms with van der Waals surface area (Å²) in [4.78, 5) is 24.4. The zero-order valence-electron chi connectivity index (χ0n) is 20.1. The van der Waals surface area contributed by atoms with Crippen molar-refractivity contribution in [1.82, 2.24) is 9.62 Å². The van der Waals surface area contributed by atoms with Gasteiger partial charge in [-0.25, -0.2) is 8.42 Å². The normalized spacial score (nSPS) is 18.3. The number of rotatable bonds is 8. The third-order valence-corrected chi connectivity index (χ3v) is 8.60. The summed E-state index contributed by atoms with van der Waals surface area (Å²) in [6.07, 6.45) is 8.42. The highest BCUT2D eigenvalue weighted by molar-refractivity contribution is 7.89. The van der Waals surface area contributed by atoms with Gasteiger partial charge in [-0.3, -0.25) is 9.59 Å². The van der Waals surface area contributed by atoms with E-state index >= 15 is 0 Å². The fourth-order valence-electron chi connectivity index (χ4n) is 4.92. The van der Waals surface area contributed by atoms with Crippen molar-refractivity contribution < 1.29 is 18.0 Å². The number of fused-ring (bicyclic) bond motifs is 1. The van der Waals surface area contributed by atoms with Crippen molar-refractivity contribution >= 4 is 27.5 Å². The molecule has 186 valence electrons. The summed E-state index contributed by atoms with van der Waals surface area (Å²) in [6, 6.07) is 13.3. The van der Waals surface area contributed by atoms with Crippen molar-refractivity contribution in [2.45, 2.75) is 62.8 Å². The van der Waals surface area contributed by atoms with E-state index in [1.807, 2.05) is 24.3 Å². The number of sulfonamides is 1. The van der Waals surface area contributed by atoms with Crippen LogP contribution in [0.3, 0.4) is 0 Å². The number of hydrogen-bond donors (Lipinski definition) is 2. The summed E-state index contributed by atoms with van der Waals surface area (Å²) in [5.74, 6) is -0.372. The topological polar surface area (TPSA) is 95.6 Å². The van der Waals surface area contributed by atoms with E-state index in [1.165, 1.54) is 41.8 Å². The molecule has 2 aliphatic rings. The number of nitrogens with zero attached hydrogens (tertiary/aromatic N) is 1. The molecule has 0 unspecified atom stereocenters. The Labute approximate surface area is 207 Å². The Morgan fingerprint density at radius 1 is 1.03 bits per heavy atom. The second kappa shape index (κ2) is 11.2. The van der Waals surface area contributed by atoms with E-state index in [2.05, 4.69) is 16.7 Å². The SMILES string of the molecule is CC(=O)Nc1ccc(S(=O)(=O)N2CCc3ccccc3[C@@H]2CC(=O)NCCC2=CCCCC2)cc1. The molecule has 0 fully saturated rings. The standard InChI is InChI=1S/C27H33N3O4S/c1-20(31)29-23-11-13-24(14-12-23)35(33,34)30-18-16-22-9-5-6-10-25(22)26(30)19-27(32)28-17-15-21-7-3-2-4-8-21/h5-7,9-14,26H,2-4,8,15-19H2,1H3,(H,28,32)(H,29,31)/t26-/m0/s1. The van der Waals surface area contributed by atoms with Gasteiger partial charge in [0.15, 0.2) is 0 Å². The van der Waals surface area contributed by atoms with Crippen molar-refractivity contribution in [2.24, 2.45) is 0 Å². The average Bonchev–Trinajstić information content (AvgIpc) is 2.85. The molecule has 35 heavy (non-hydrogen) atoms. The van der Waals surface area contributed by atoms with E-state index in [4.69, 9.17) is 0 Å². The summed E-state index contributed by atoms with van der Waals surface area (Å²) in [7, 11) is -3.85. The maximum Gasteiger partial charge on any atom is 0.243 e. The number of allylic oxidation sites excluding steroid dienone is 1. The van der Waals surface area contributed by atoms with Crippen LogP contribution < -0.4 is 10.6 Å². The molecular formula is C27H33N3O4S. The molecule has 0 bridgehead atoms. The molecule has 2 aromatic rings. The lowest BCUT2D eigenvalue weighted by Crippen LogP contribution is -2.42.